The number of piperidine rings is 1. The van der Waals surface area contributed by atoms with E-state index in [0.29, 0.717) is 5.02 Å². The maximum atomic E-state index is 13.4. The maximum absolute atomic E-state index is 13.4. The lowest BCUT2D eigenvalue weighted by Crippen LogP contribution is -2.48. The predicted octanol–water partition coefficient (Wildman–Crippen LogP) is 4.31. The van der Waals surface area contributed by atoms with E-state index in [9.17, 15) is 18.0 Å². The van der Waals surface area contributed by atoms with Crippen LogP contribution in [0.5, 0.6) is 0 Å². The minimum Gasteiger partial charge on any atom is -0.352 e. The van der Waals surface area contributed by atoms with E-state index in [2.05, 4.69) is 15.5 Å². The van der Waals surface area contributed by atoms with Crippen LogP contribution in [0.2, 0.25) is 5.02 Å². The van der Waals surface area contributed by atoms with Gasteiger partial charge in [0.15, 0.2) is 0 Å². The third-order valence-corrected chi connectivity index (χ3v) is 5.45. The van der Waals surface area contributed by atoms with Gasteiger partial charge in [-0.3, -0.25) is 15.0 Å². The number of carbonyl (C=O) groups is 1. The molecule has 162 valence electrons. The number of hydrogen-bond donors (Lipinski definition) is 2. The second-order valence-electron chi connectivity index (χ2n) is 7.51. The van der Waals surface area contributed by atoms with Gasteiger partial charge in [0, 0.05) is 30.7 Å². The Labute approximate surface area is 179 Å². The van der Waals surface area contributed by atoms with Crippen molar-refractivity contribution in [1.82, 2.24) is 15.5 Å². The molecular weight excluding hydrogens is 415 g/mol. The number of alkyl halides is 3. The Kier molecular flexibility index (Phi) is 7.75. The first kappa shape index (κ1) is 22.6. The number of carbonyl (C=O) groups excluding carboxylic acids is 1. The summed E-state index contributed by atoms with van der Waals surface area (Å²) in [6.45, 7) is 2.06. The SMILES string of the molecule is O=C(CNC(c1ccccc1)C(F)(F)F)NC1CCN(Cc2ccc(Cl)cc2)CC1. The van der Waals surface area contributed by atoms with Crippen molar-refractivity contribution in [2.24, 2.45) is 0 Å². The van der Waals surface area contributed by atoms with Crippen LogP contribution in [0.3, 0.4) is 0 Å². The fraction of sp³-hybridized carbons (Fsp3) is 0.409. The Balaban J connectivity index is 1.43. The summed E-state index contributed by atoms with van der Waals surface area (Å²) in [7, 11) is 0. The zero-order valence-corrected chi connectivity index (χ0v) is 17.2. The van der Waals surface area contributed by atoms with E-state index in [1.807, 2.05) is 24.3 Å². The molecule has 1 aliphatic rings. The van der Waals surface area contributed by atoms with E-state index in [-0.39, 0.29) is 18.2 Å². The summed E-state index contributed by atoms with van der Waals surface area (Å²) in [6, 6.07) is 13.4. The second-order valence-corrected chi connectivity index (χ2v) is 7.95. The van der Waals surface area contributed by atoms with Gasteiger partial charge in [-0.1, -0.05) is 54.1 Å². The highest BCUT2D eigenvalue weighted by Gasteiger charge is 2.40. The lowest BCUT2D eigenvalue weighted by molar-refractivity contribution is -0.158. The number of likely N-dealkylation sites (tertiary alicyclic amines) is 1. The van der Waals surface area contributed by atoms with Crippen molar-refractivity contribution >= 4 is 17.5 Å². The van der Waals surface area contributed by atoms with Gasteiger partial charge in [0.2, 0.25) is 5.91 Å². The number of benzene rings is 2. The van der Waals surface area contributed by atoms with Gasteiger partial charge >= 0.3 is 6.18 Å². The summed E-state index contributed by atoms with van der Waals surface area (Å²) in [6.07, 6.45) is -2.95. The minimum absolute atomic E-state index is 0.0261. The monoisotopic (exact) mass is 439 g/mol. The molecule has 0 bridgehead atoms. The van der Waals surface area contributed by atoms with Crippen molar-refractivity contribution in [3.8, 4) is 0 Å². The van der Waals surface area contributed by atoms with Crippen LogP contribution < -0.4 is 10.6 Å². The Hall–Kier alpha value is -2.09. The highest BCUT2D eigenvalue weighted by molar-refractivity contribution is 6.30. The number of nitrogens with one attached hydrogen (secondary N) is 2. The summed E-state index contributed by atoms with van der Waals surface area (Å²) in [5, 5.41) is 5.91. The fourth-order valence-corrected chi connectivity index (χ4v) is 3.75. The quantitative estimate of drug-likeness (QED) is 0.675. The molecule has 0 saturated carbocycles. The number of rotatable bonds is 7. The van der Waals surface area contributed by atoms with Gasteiger partial charge in [-0.2, -0.15) is 13.2 Å². The minimum atomic E-state index is -4.48. The van der Waals surface area contributed by atoms with Crippen molar-refractivity contribution in [2.75, 3.05) is 19.6 Å². The van der Waals surface area contributed by atoms with Crippen LogP contribution in [0, 0.1) is 0 Å². The molecule has 8 heteroatoms. The molecule has 1 unspecified atom stereocenters. The van der Waals surface area contributed by atoms with Crippen LogP contribution in [-0.4, -0.2) is 42.7 Å². The summed E-state index contributed by atoms with van der Waals surface area (Å²) >= 11 is 5.91. The van der Waals surface area contributed by atoms with Crippen LogP contribution in [0.4, 0.5) is 13.2 Å². The topological polar surface area (TPSA) is 44.4 Å². The van der Waals surface area contributed by atoms with Gasteiger partial charge in [0.05, 0.1) is 6.54 Å². The molecule has 2 N–H and O–H groups in total. The third-order valence-electron chi connectivity index (χ3n) is 5.20. The van der Waals surface area contributed by atoms with Crippen LogP contribution in [0.1, 0.15) is 30.0 Å². The van der Waals surface area contributed by atoms with Crippen molar-refractivity contribution in [3.05, 3.63) is 70.7 Å². The smallest absolute Gasteiger partial charge is 0.352 e. The van der Waals surface area contributed by atoms with Gasteiger partial charge in [0.1, 0.15) is 6.04 Å². The van der Waals surface area contributed by atoms with E-state index in [1.165, 1.54) is 17.7 Å². The largest absolute Gasteiger partial charge is 0.407 e. The first-order valence-corrected chi connectivity index (χ1v) is 10.3. The number of hydrogen-bond acceptors (Lipinski definition) is 3. The zero-order chi connectivity index (χ0) is 21.6. The summed E-state index contributed by atoms with van der Waals surface area (Å²) < 4.78 is 40.1. The highest BCUT2D eigenvalue weighted by Crippen LogP contribution is 2.32. The molecule has 4 nitrogen and oxygen atoms in total. The molecule has 1 heterocycles. The maximum Gasteiger partial charge on any atom is 0.407 e. The molecule has 1 fully saturated rings. The van der Waals surface area contributed by atoms with E-state index < -0.39 is 18.1 Å². The van der Waals surface area contributed by atoms with Crippen molar-refractivity contribution < 1.29 is 18.0 Å². The first-order chi connectivity index (χ1) is 14.3. The highest BCUT2D eigenvalue weighted by atomic mass is 35.5. The molecule has 0 radical (unpaired) electrons. The number of halogens is 4. The van der Waals surface area contributed by atoms with Gasteiger partial charge in [0.25, 0.3) is 0 Å². The van der Waals surface area contributed by atoms with E-state index in [1.54, 1.807) is 18.2 Å². The predicted molar refractivity (Wildman–Crippen MR) is 111 cm³/mol. The molecule has 0 aromatic heterocycles. The third kappa shape index (κ3) is 6.72. The van der Waals surface area contributed by atoms with Crippen LogP contribution in [0.25, 0.3) is 0 Å². The molecule has 0 aliphatic carbocycles. The first-order valence-electron chi connectivity index (χ1n) is 9.92. The Bertz CT molecular complexity index is 807. The molecule has 1 amide bonds. The van der Waals surface area contributed by atoms with Gasteiger partial charge < -0.3 is 5.32 Å². The van der Waals surface area contributed by atoms with Crippen molar-refractivity contribution in [2.45, 2.75) is 37.6 Å². The van der Waals surface area contributed by atoms with Gasteiger partial charge in [-0.05, 0) is 36.1 Å². The summed E-state index contributed by atoms with van der Waals surface area (Å²) in [5.41, 5.74) is 1.26. The summed E-state index contributed by atoms with van der Waals surface area (Å²) in [4.78, 5) is 14.5. The average molecular weight is 440 g/mol. The normalized spacial score (nSPS) is 16.9. The summed E-state index contributed by atoms with van der Waals surface area (Å²) in [5.74, 6) is -0.420. The van der Waals surface area contributed by atoms with Crippen LogP contribution >= 0.6 is 11.6 Å². The average Bonchev–Trinajstić information content (AvgIpc) is 2.71. The Morgan fingerprint density at radius 1 is 1.07 bits per heavy atom. The lowest BCUT2D eigenvalue weighted by Gasteiger charge is -2.32. The zero-order valence-electron chi connectivity index (χ0n) is 16.5. The molecule has 1 saturated heterocycles. The molecule has 3 rings (SSSR count). The van der Waals surface area contributed by atoms with E-state index in [0.717, 1.165) is 32.5 Å². The number of amides is 1. The Morgan fingerprint density at radius 2 is 1.70 bits per heavy atom. The van der Waals surface area contributed by atoms with Gasteiger partial charge in [-0.25, -0.2) is 0 Å². The lowest BCUT2D eigenvalue weighted by atomic mass is 10.0. The molecule has 30 heavy (non-hydrogen) atoms. The fourth-order valence-electron chi connectivity index (χ4n) is 3.62. The standard InChI is InChI=1S/C22H25ClF3N3O/c23-18-8-6-16(7-9-18)15-29-12-10-19(11-13-29)28-20(30)14-27-21(22(24,25)26)17-4-2-1-3-5-17/h1-9,19,21,27H,10-15H2,(H,28,30). The van der Waals surface area contributed by atoms with Crippen molar-refractivity contribution in [3.63, 3.8) is 0 Å². The van der Waals surface area contributed by atoms with Gasteiger partial charge in [-0.15, -0.1) is 0 Å². The molecular formula is C22H25ClF3N3O. The van der Waals surface area contributed by atoms with E-state index >= 15 is 0 Å². The van der Waals surface area contributed by atoms with Crippen molar-refractivity contribution in [1.29, 1.82) is 0 Å². The van der Waals surface area contributed by atoms with Crippen LogP contribution in [-0.2, 0) is 11.3 Å². The molecule has 0 spiro atoms. The Morgan fingerprint density at radius 3 is 2.30 bits per heavy atom. The molecule has 1 atom stereocenters. The number of nitrogens with zero attached hydrogens (tertiary/aromatic N) is 1. The van der Waals surface area contributed by atoms with E-state index in [4.69, 9.17) is 11.6 Å². The van der Waals surface area contributed by atoms with Crippen LogP contribution in [0.15, 0.2) is 54.6 Å². The molecule has 2 aromatic carbocycles. The second kappa shape index (κ2) is 10.3. The molecule has 1 aliphatic heterocycles. The molecule has 2 aromatic rings.